The minimum absolute atomic E-state index is 0.0481. The summed E-state index contributed by atoms with van der Waals surface area (Å²) in [5, 5.41) is 0. The molecule has 0 spiro atoms. The number of halogens is 1. The zero-order valence-electron chi connectivity index (χ0n) is 9.58. The maximum absolute atomic E-state index is 13.0. The fourth-order valence-electron chi connectivity index (χ4n) is 2.36. The second-order valence-electron chi connectivity index (χ2n) is 4.56. The van der Waals surface area contributed by atoms with Crippen molar-refractivity contribution in [2.24, 2.45) is 5.73 Å². The van der Waals surface area contributed by atoms with Gasteiger partial charge < -0.3 is 10.5 Å². The van der Waals surface area contributed by atoms with Gasteiger partial charge in [-0.1, -0.05) is 12.1 Å². The molecule has 1 aliphatic carbocycles. The van der Waals surface area contributed by atoms with E-state index in [2.05, 4.69) is 0 Å². The van der Waals surface area contributed by atoms with E-state index in [9.17, 15) is 4.39 Å². The summed E-state index contributed by atoms with van der Waals surface area (Å²) < 4.78 is 18.5. The summed E-state index contributed by atoms with van der Waals surface area (Å²) in [5.74, 6) is -0.204. The maximum atomic E-state index is 13.0. The van der Waals surface area contributed by atoms with Gasteiger partial charge in [0.05, 0.1) is 5.60 Å². The Balaban J connectivity index is 2.04. The molecule has 16 heavy (non-hydrogen) atoms. The molecule has 1 fully saturated rings. The highest BCUT2D eigenvalue weighted by atomic mass is 19.1. The van der Waals surface area contributed by atoms with E-state index in [0.717, 1.165) is 18.4 Å². The Morgan fingerprint density at radius 2 is 2.25 bits per heavy atom. The van der Waals surface area contributed by atoms with Crippen LogP contribution in [0.25, 0.3) is 0 Å². The van der Waals surface area contributed by atoms with Crippen molar-refractivity contribution in [1.29, 1.82) is 0 Å². The van der Waals surface area contributed by atoms with Crippen LogP contribution in [0.15, 0.2) is 24.3 Å². The van der Waals surface area contributed by atoms with Crippen molar-refractivity contribution in [3.05, 3.63) is 35.6 Å². The molecule has 1 aliphatic rings. The largest absolute Gasteiger partial charge is 0.377 e. The van der Waals surface area contributed by atoms with E-state index in [1.165, 1.54) is 12.5 Å². The number of hydrogen-bond acceptors (Lipinski definition) is 2. The summed E-state index contributed by atoms with van der Waals surface area (Å²) in [5.41, 5.74) is 6.93. The quantitative estimate of drug-likeness (QED) is 0.849. The van der Waals surface area contributed by atoms with E-state index in [1.54, 1.807) is 19.2 Å². The van der Waals surface area contributed by atoms with Crippen molar-refractivity contribution < 1.29 is 9.13 Å². The highest BCUT2D eigenvalue weighted by Crippen LogP contribution is 2.38. The Kier molecular flexibility index (Phi) is 3.26. The first-order valence-electron chi connectivity index (χ1n) is 5.71. The molecule has 1 saturated carbocycles. The number of benzene rings is 1. The average molecular weight is 223 g/mol. The van der Waals surface area contributed by atoms with Crippen molar-refractivity contribution >= 4 is 0 Å². The minimum Gasteiger partial charge on any atom is -0.377 e. The predicted octanol–water partition coefficient (Wildman–Crippen LogP) is 2.26. The topological polar surface area (TPSA) is 35.2 Å². The smallest absolute Gasteiger partial charge is 0.123 e. The average Bonchev–Trinajstić information content (AvgIpc) is 2.16. The number of ether oxygens (including phenoxy) is 1. The van der Waals surface area contributed by atoms with Crippen molar-refractivity contribution in [2.45, 2.75) is 37.3 Å². The van der Waals surface area contributed by atoms with E-state index in [0.29, 0.717) is 6.42 Å². The zero-order chi connectivity index (χ0) is 11.6. The predicted molar refractivity (Wildman–Crippen MR) is 61.7 cm³/mol. The number of nitrogens with two attached hydrogens (primary N) is 1. The molecule has 1 aromatic rings. The van der Waals surface area contributed by atoms with E-state index in [1.807, 2.05) is 6.07 Å². The Morgan fingerprint density at radius 3 is 2.75 bits per heavy atom. The monoisotopic (exact) mass is 223 g/mol. The van der Waals surface area contributed by atoms with Gasteiger partial charge in [-0.3, -0.25) is 0 Å². The van der Waals surface area contributed by atoms with Gasteiger partial charge >= 0.3 is 0 Å². The molecule has 0 radical (unpaired) electrons. The first-order valence-corrected chi connectivity index (χ1v) is 5.71. The van der Waals surface area contributed by atoms with Gasteiger partial charge in [0.1, 0.15) is 5.82 Å². The van der Waals surface area contributed by atoms with Crippen LogP contribution in [0.4, 0.5) is 4.39 Å². The summed E-state index contributed by atoms with van der Waals surface area (Å²) in [4.78, 5) is 0. The molecule has 1 aromatic carbocycles. The van der Waals surface area contributed by atoms with Crippen LogP contribution in [-0.4, -0.2) is 18.8 Å². The normalized spacial score (nSPS) is 20.2. The highest BCUT2D eigenvalue weighted by Gasteiger charge is 2.42. The van der Waals surface area contributed by atoms with Gasteiger partial charge in [-0.05, 0) is 43.4 Å². The highest BCUT2D eigenvalue weighted by molar-refractivity contribution is 5.19. The van der Waals surface area contributed by atoms with Crippen LogP contribution in [0.5, 0.6) is 0 Å². The molecule has 0 amide bonds. The molecule has 1 atom stereocenters. The van der Waals surface area contributed by atoms with Crippen LogP contribution in [0.2, 0.25) is 0 Å². The molecule has 0 aliphatic heterocycles. The Hall–Kier alpha value is -0.930. The summed E-state index contributed by atoms with van der Waals surface area (Å²) in [6.45, 7) is 0. The molecular weight excluding hydrogens is 205 g/mol. The summed E-state index contributed by atoms with van der Waals surface area (Å²) >= 11 is 0. The van der Waals surface area contributed by atoms with E-state index in [-0.39, 0.29) is 17.5 Å². The molecule has 0 heterocycles. The van der Waals surface area contributed by atoms with Gasteiger partial charge in [0.25, 0.3) is 0 Å². The zero-order valence-corrected chi connectivity index (χ0v) is 9.58. The molecule has 2 N–H and O–H groups in total. The fourth-order valence-corrected chi connectivity index (χ4v) is 2.36. The molecule has 2 nitrogen and oxygen atoms in total. The lowest BCUT2D eigenvalue weighted by molar-refractivity contribution is -0.0897. The molecular formula is C13H18FNO. The molecule has 0 bridgehead atoms. The van der Waals surface area contributed by atoms with Gasteiger partial charge in [-0.2, -0.15) is 0 Å². The van der Waals surface area contributed by atoms with Crippen molar-refractivity contribution in [3.8, 4) is 0 Å². The van der Waals surface area contributed by atoms with Crippen molar-refractivity contribution in [1.82, 2.24) is 0 Å². The van der Waals surface area contributed by atoms with Crippen LogP contribution in [0.3, 0.4) is 0 Å². The van der Waals surface area contributed by atoms with Crippen molar-refractivity contribution in [3.63, 3.8) is 0 Å². The molecule has 1 unspecified atom stereocenters. The van der Waals surface area contributed by atoms with Gasteiger partial charge in [-0.15, -0.1) is 0 Å². The summed E-state index contributed by atoms with van der Waals surface area (Å²) in [6, 6.07) is 6.57. The number of methoxy groups -OCH3 is 1. The molecule has 0 aromatic heterocycles. The van der Waals surface area contributed by atoms with Crippen molar-refractivity contribution in [2.75, 3.05) is 7.11 Å². The van der Waals surface area contributed by atoms with Gasteiger partial charge in [0, 0.05) is 13.2 Å². The third-order valence-electron chi connectivity index (χ3n) is 3.63. The van der Waals surface area contributed by atoms with E-state index in [4.69, 9.17) is 10.5 Å². The second-order valence-corrected chi connectivity index (χ2v) is 4.56. The van der Waals surface area contributed by atoms with Crippen LogP contribution in [0, 0.1) is 5.82 Å². The molecule has 2 rings (SSSR count). The SMILES string of the molecule is COC1(C(N)Cc2cccc(F)c2)CCC1. The fraction of sp³-hybridized carbons (Fsp3) is 0.538. The number of hydrogen-bond donors (Lipinski definition) is 1. The lowest BCUT2D eigenvalue weighted by Gasteiger charge is -2.45. The van der Waals surface area contributed by atoms with Crippen LogP contribution in [-0.2, 0) is 11.2 Å². The molecule has 88 valence electrons. The maximum Gasteiger partial charge on any atom is 0.123 e. The lowest BCUT2D eigenvalue weighted by atomic mass is 9.73. The Bertz CT molecular complexity index is 357. The minimum atomic E-state index is -0.204. The van der Waals surface area contributed by atoms with Crippen LogP contribution >= 0.6 is 0 Å². The third-order valence-corrected chi connectivity index (χ3v) is 3.63. The standard InChI is InChI=1S/C13H18FNO/c1-16-13(6-3-7-13)12(15)9-10-4-2-5-11(14)8-10/h2,4-5,8,12H,3,6-7,9,15H2,1H3. The second kappa shape index (κ2) is 4.52. The summed E-state index contributed by atoms with van der Waals surface area (Å²) in [6.07, 6.45) is 3.87. The first kappa shape index (κ1) is 11.6. The molecule has 3 heteroatoms. The third kappa shape index (κ3) is 2.11. The van der Waals surface area contributed by atoms with Gasteiger partial charge in [-0.25, -0.2) is 4.39 Å². The first-order chi connectivity index (χ1) is 7.66. The summed E-state index contributed by atoms with van der Waals surface area (Å²) in [7, 11) is 1.71. The Labute approximate surface area is 95.6 Å². The van der Waals surface area contributed by atoms with E-state index >= 15 is 0 Å². The number of rotatable bonds is 4. The van der Waals surface area contributed by atoms with Gasteiger partial charge in [0.15, 0.2) is 0 Å². The van der Waals surface area contributed by atoms with Gasteiger partial charge in [0.2, 0.25) is 0 Å². The lowest BCUT2D eigenvalue weighted by Crippen LogP contribution is -2.55. The van der Waals surface area contributed by atoms with E-state index < -0.39 is 0 Å². The van der Waals surface area contributed by atoms with Crippen LogP contribution < -0.4 is 5.73 Å². The molecule has 0 saturated heterocycles. The Morgan fingerprint density at radius 1 is 1.50 bits per heavy atom. The van der Waals surface area contributed by atoms with Crippen LogP contribution in [0.1, 0.15) is 24.8 Å².